The zero-order valence-electron chi connectivity index (χ0n) is 23.2. The minimum absolute atomic E-state index is 0.193. The molecule has 0 spiro atoms. The van der Waals surface area contributed by atoms with Crippen molar-refractivity contribution in [2.75, 3.05) is 33.9 Å². The van der Waals surface area contributed by atoms with Crippen LogP contribution < -0.4 is 4.74 Å². The van der Waals surface area contributed by atoms with Gasteiger partial charge in [-0.05, 0) is 30.5 Å². The second-order valence-electron chi connectivity index (χ2n) is 10.7. The maximum atomic E-state index is 12.3. The molecule has 0 saturated carbocycles. The summed E-state index contributed by atoms with van der Waals surface area (Å²) in [5.74, 6) is 0.635. The van der Waals surface area contributed by atoms with E-state index in [0.29, 0.717) is 17.6 Å². The molecule has 36 heavy (non-hydrogen) atoms. The summed E-state index contributed by atoms with van der Waals surface area (Å²) < 4.78 is 11.7. The number of carbonyl (C=O) groups is 1. The van der Waals surface area contributed by atoms with Gasteiger partial charge in [-0.15, -0.1) is 0 Å². The fourth-order valence-corrected chi connectivity index (χ4v) is 4.59. The molecule has 4 heteroatoms. The third-order valence-electron chi connectivity index (χ3n) is 6.62. The molecule has 0 aliphatic carbocycles. The van der Waals surface area contributed by atoms with Crippen LogP contribution in [0.25, 0.3) is 0 Å². The first kappa shape index (κ1) is 29.9. The Labute approximate surface area is 220 Å². The van der Waals surface area contributed by atoms with Crippen molar-refractivity contribution in [3.63, 3.8) is 0 Å². The van der Waals surface area contributed by atoms with Crippen LogP contribution in [0.5, 0.6) is 5.75 Å². The van der Waals surface area contributed by atoms with Gasteiger partial charge in [-0.1, -0.05) is 114 Å². The lowest BCUT2D eigenvalue weighted by Crippen LogP contribution is -2.43. The van der Waals surface area contributed by atoms with E-state index in [0.717, 1.165) is 18.7 Å². The Morgan fingerprint density at radius 3 is 1.89 bits per heavy atom. The SMILES string of the molecule is CCCCCCCCCCCCCc1ccc(OCCOC(=O)C[N+](C)(C)Cc2ccccc2)cc1. The van der Waals surface area contributed by atoms with Gasteiger partial charge < -0.3 is 14.0 Å². The third kappa shape index (κ3) is 14.3. The van der Waals surface area contributed by atoms with Crippen molar-refractivity contribution in [1.82, 2.24) is 0 Å². The maximum absolute atomic E-state index is 12.3. The van der Waals surface area contributed by atoms with E-state index in [4.69, 9.17) is 9.47 Å². The van der Waals surface area contributed by atoms with Crippen molar-refractivity contribution < 1.29 is 18.8 Å². The summed E-state index contributed by atoms with van der Waals surface area (Å²) in [7, 11) is 4.09. The van der Waals surface area contributed by atoms with E-state index in [-0.39, 0.29) is 12.6 Å². The van der Waals surface area contributed by atoms with Gasteiger partial charge in [-0.2, -0.15) is 0 Å². The zero-order chi connectivity index (χ0) is 25.9. The van der Waals surface area contributed by atoms with E-state index in [1.807, 2.05) is 44.4 Å². The van der Waals surface area contributed by atoms with Crippen LogP contribution >= 0.6 is 0 Å². The van der Waals surface area contributed by atoms with E-state index >= 15 is 0 Å². The highest BCUT2D eigenvalue weighted by Gasteiger charge is 2.21. The summed E-state index contributed by atoms with van der Waals surface area (Å²) in [5.41, 5.74) is 2.58. The van der Waals surface area contributed by atoms with Crippen LogP contribution in [0.4, 0.5) is 0 Å². The largest absolute Gasteiger partial charge is 0.490 e. The summed E-state index contributed by atoms with van der Waals surface area (Å²) >= 11 is 0. The number of hydrogen-bond donors (Lipinski definition) is 0. The molecule has 200 valence electrons. The van der Waals surface area contributed by atoms with Crippen LogP contribution in [-0.4, -0.2) is 44.3 Å². The van der Waals surface area contributed by atoms with Gasteiger partial charge in [0.2, 0.25) is 0 Å². The smallest absolute Gasteiger partial charge is 0.361 e. The van der Waals surface area contributed by atoms with Crippen molar-refractivity contribution in [3.05, 3.63) is 65.7 Å². The van der Waals surface area contributed by atoms with Crippen LogP contribution in [0.2, 0.25) is 0 Å². The van der Waals surface area contributed by atoms with Gasteiger partial charge in [0, 0.05) is 5.56 Å². The Kier molecular flexibility index (Phi) is 14.9. The molecule has 0 amide bonds. The molecule has 0 radical (unpaired) electrons. The number of nitrogens with zero attached hydrogens (tertiary/aromatic N) is 1. The van der Waals surface area contributed by atoms with Gasteiger partial charge in [0.05, 0.1) is 14.1 Å². The van der Waals surface area contributed by atoms with Crippen molar-refractivity contribution in [2.24, 2.45) is 0 Å². The van der Waals surface area contributed by atoms with Gasteiger partial charge in [0.25, 0.3) is 0 Å². The van der Waals surface area contributed by atoms with Crippen LogP contribution in [0.15, 0.2) is 54.6 Å². The van der Waals surface area contributed by atoms with Gasteiger partial charge in [0.15, 0.2) is 6.54 Å². The summed E-state index contributed by atoms with van der Waals surface area (Å²) in [6.07, 6.45) is 16.3. The molecule has 4 nitrogen and oxygen atoms in total. The van der Waals surface area contributed by atoms with Crippen molar-refractivity contribution in [3.8, 4) is 5.75 Å². The van der Waals surface area contributed by atoms with Crippen LogP contribution in [0.1, 0.15) is 88.7 Å². The molecule has 0 unspecified atom stereocenters. The zero-order valence-corrected chi connectivity index (χ0v) is 23.2. The monoisotopic (exact) mass is 496 g/mol. The lowest BCUT2D eigenvalue weighted by Gasteiger charge is -2.28. The minimum atomic E-state index is -0.193. The highest BCUT2D eigenvalue weighted by atomic mass is 16.6. The van der Waals surface area contributed by atoms with E-state index in [2.05, 4.69) is 31.2 Å². The number of unbranched alkanes of at least 4 members (excludes halogenated alkanes) is 10. The Bertz CT molecular complexity index is 817. The molecule has 0 aliphatic heterocycles. The number of quaternary nitrogens is 1. The molecule has 0 aliphatic rings. The fraction of sp³-hybridized carbons (Fsp3) is 0.594. The number of aryl methyl sites for hydroxylation is 1. The molecule has 0 N–H and O–H groups in total. The van der Waals surface area contributed by atoms with Crippen LogP contribution in [0, 0.1) is 0 Å². The topological polar surface area (TPSA) is 35.5 Å². The van der Waals surface area contributed by atoms with Crippen molar-refractivity contribution in [1.29, 1.82) is 0 Å². The predicted octanol–water partition coefficient (Wildman–Crippen LogP) is 7.74. The summed E-state index contributed by atoms with van der Waals surface area (Å²) in [5, 5.41) is 0. The molecular weight excluding hydrogens is 446 g/mol. The summed E-state index contributed by atoms with van der Waals surface area (Å²) in [6, 6.07) is 18.6. The van der Waals surface area contributed by atoms with Gasteiger partial charge >= 0.3 is 5.97 Å². The second-order valence-corrected chi connectivity index (χ2v) is 10.7. The lowest BCUT2D eigenvalue weighted by molar-refractivity contribution is -0.896. The highest BCUT2D eigenvalue weighted by molar-refractivity contribution is 5.70. The number of carbonyl (C=O) groups excluding carboxylic acids is 1. The molecular formula is C32H50NO3+. The number of likely N-dealkylation sites (N-methyl/N-ethyl adjacent to an activating group) is 1. The Balaban J connectivity index is 1.49. The Hall–Kier alpha value is -2.33. The molecule has 0 atom stereocenters. The Morgan fingerprint density at radius 2 is 1.28 bits per heavy atom. The average Bonchev–Trinajstić information content (AvgIpc) is 2.86. The average molecular weight is 497 g/mol. The van der Waals surface area contributed by atoms with Gasteiger partial charge in [-0.3, -0.25) is 0 Å². The minimum Gasteiger partial charge on any atom is -0.490 e. The van der Waals surface area contributed by atoms with Gasteiger partial charge in [0.1, 0.15) is 25.5 Å². The second kappa shape index (κ2) is 18.0. The first-order valence-corrected chi connectivity index (χ1v) is 14.2. The van der Waals surface area contributed by atoms with E-state index < -0.39 is 0 Å². The third-order valence-corrected chi connectivity index (χ3v) is 6.62. The summed E-state index contributed by atoms with van der Waals surface area (Å²) in [6.45, 7) is 4.04. The number of benzene rings is 2. The number of esters is 1. The number of hydrogen-bond acceptors (Lipinski definition) is 3. The first-order valence-electron chi connectivity index (χ1n) is 14.2. The standard InChI is InChI=1S/C32H50NO3/c1-4-5-6-7-8-9-10-11-12-13-15-18-29-21-23-31(24-22-29)35-25-26-36-32(34)28-33(2,3)27-30-19-16-14-17-20-30/h14,16-17,19-24H,4-13,15,18,25-28H2,1-3H3/q+1. The fourth-order valence-electron chi connectivity index (χ4n) is 4.59. The highest BCUT2D eigenvalue weighted by Crippen LogP contribution is 2.16. The van der Waals surface area contributed by atoms with Crippen LogP contribution in [-0.2, 0) is 22.5 Å². The van der Waals surface area contributed by atoms with Gasteiger partial charge in [-0.25, -0.2) is 4.79 Å². The molecule has 2 aromatic rings. The van der Waals surface area contributed by atoms with E-state index in [1.165, 1.54) is 81.8 Å². The molecule has 2 rings (SSSR count). The summed E-state index contributed by atoms with van der Waals surface area (Å²) in [4.78, 5) is 12.3. The normalized spacial score (nSPS) is 11.4. The lowest BCUT2D eigenvalue weighted by atomic mass is 10.0. The maximum Gasteiger partial charge on any atom is 0.361 e. The molecule has 0 fully saturated rings. The quantitative estimate of drug-likeness (QED) is 0.107. The number of ether oxygens (including phenoxy) is 2. The molecule has 0 aromatic heterocycles. The predicted molar refractivity (Wildman–Crippen MR) is 150 cm³/mol. The van der Waals surface area contributed by atoms with E-state index in [9.17, 15) is 4.79 Å². The molecule has 0 bridgehead atoms. The van der Waals surface area contributed by atoms with E-state index in [1.54, 1.807) is 0 Å². The van der Waals surface area contributed by atoms with Crippen LogP contribution in [0.3, 0.4) is 0 Å². The van der Waals surface area contributed by atoms with Crippen molar-refractivity contribution in [2.45, 2.75) is 90.5 Å². The van der Waals surface area contributed by atoms with Crippen molar-refractivity contribution >= 4 is 5.97 Å². The molecule has 0 heterocycles. The molecule has 0 saturated heterocycles. The Morgan fingerprint density at radius 1 is 0.694 bits per heavy atom. The number of rotatable bonds is 20. The molecule has 2 aromatic carbocycles. The first-order chi connectivity index (χ1) is 17.5.